The number of hydrogen-bond acceptors (Lipinski definition) is 3. The summed E-state index contributed by atoms with van der Waals surface area (Å²) in [6.07, 6.45) is 0. The monoisotopic (exact) mass is 306 g/mol. The molecule has 1 aromatic carbocycles. The molecule has 0 amide bonds. The lowest BCUT2D eigenvalue weighted by molar-refractivity contribution is 0.0458. The Bertz CT molecular complexity index is 381. The Morgan fingerprint density at radius 3 is 2.69 bits per heavy atom. The van der Waals surface area contributed by atoms with Crippen molar-refractivity contribution in [1.29, 1.82) is 0 Å². The number of ether oxygens (including phenoxy) is 1. The Morgan fingerprint density at radius 2 is 2.19 bits per heavy atom. The molecule has 0 fully saturated rings. The SMILES string of the molecule is CC(C)COC(=O)c1cc(O)c(Cl)c(Br)c1. The molecule has 0 atom stereocenters. The predicted octanol–water partition coefficient (Wildman–Crippen LogP) is 3.62. The van der Waals surface area contributed by atoms with Crippen molar-refractivity contribution in [3.8, 4) is 5.75 Å². The summed E-state index contributed by atoms with van der Waals surface area (Å²) in [6.45, 7) is 4.24. The maximum atomic E-state index is 11.6. The molecule has 88 valence electrons. The van der Waals surface area contributed by atoms with Crippen LogP contribution in [0.25, 0.3) is 0 Å². The highest BCUT2D eigenvalue weighted by atomic mass is 79.9. The molecule has 5 heteroatoms. The largest absolute Gasteiger partial charge is 0.506 e. The second-order valence-electron chi connectivity index (χ2n) is 3.78. The van der Waals surface area contributed by atoms with E-state index in [1.165, 1.54) is 12.1 Å². The van der Waals surface area contributed by atoms with Crippen LogP contribution in [0.4, 0.5) is 0 Å². The van der Waals surface area contributed by atoms with Gasteiger partial charge in [0, 0.05) is 4.47 Å². The Kier molecular flexibility index (Phi) is 4.62. The number of aromatic hydroxyl groups is 1. The molecular formula is C11H12BrClO3. The zero-order valence-corrected chi connectivity index (χ0v) is 11.3. The number of carbonyl (C=O) groups excluding carboxylic acids is 1. The predicted molar refractivity (Wildman–Crippen MR) is 65.9 cm³/mol. The second-order valence-corrected chi connectivity index (χ2v) is 5.02. The quantitative estimate of drug-likeness (QED) is 0.868. The summed E-state index contributed by atoms with van der Waals surface area (Å²) in [7, 11) is 0. The van der Waals surface area contributed by atoms with Gasteiger partial charge in [-0.1, -0.05) is 25.4 Å². The summed E-state index contributed by atoms with van der Waals surface area (Å²) in [4.78, 5) is 11.6. The van der Waals surface area contributed by atoms with Crippen molar-refractivity contribution in [3.63, 3.8) is 0 Å². The van der Waals surface area contributed by atoms with Crippen LogP contribution in [0, 0.1) is 5.92 Å². The average Bonchev–Trinajstić information content (AvgIpc) is 2.21. The van der Waals surface area contributed by atoms with E-state index in [1.54, 1.807) is 0 Å². The Balaban J connectivity index is 2.84. The van der Waals surface area contributed by atoms with Gasteiger partial charge in [-0.3, -0.25) is 0 Å². The van der Waals surface area contributed by atoms with E-state index in [-0.39, 0.29) is 22.3 Å². The van der Waals surface area contributed by atoms with Crippen molar-refractivity contribution >= 4 is 33.5 Å². The third kappa shape index (κ3) is 3.39. The van der Waals surface area contributed by atoms with Crippen molar-refractivity contribution in [3.05, 3.63) is 27.2 Å². The van der Waals surface area contributed by atoms with E-state index in [0.29, 0.717) is 11.1 Å². The van der Waals surface area contributed by atoms with E-state index in [1.807, 2.05) is 13.8 Å². The van der Waals surface area contributed by atoms with Crippen molar-refractivity contribution < 1.29 is 14.6 Å². The molecule has 0 saturated carbocycles. The molecular weight excluding hydrogens is 295 g/mol. The van der Waals surface area contributed by atoms with Crippen LogP contribution in [-0.4, -0.2) is 17.7 Å². The highest BCUT2D eigenvalue weighted by Crippen LogP contribution is 2.32. The highest BCUT2D eigenvalue weighted by Gasteiger charge is 2.13. The summed E-state index contributed by atoms with van der Waals surface area (Å²) in [5, 5.41) is 9.62. The van der Waals surface area contributed by atoms with Crippen molar-refractivity contribution in [1.82, 2.24) is 0 Å². The number of carbonyl (C=O) groups is 1. The normalized spacial score (nSPS) is 10.6. The van der Waals surface area contributed by atoms with E-state index >= 15 is 0 Å². The van der Waals surface area contributed by atoms with Gasteiger partial charge in [0.2, 0.25) is 0 Å². The van der Waals surface area contributed by atoms with Gasteiger partial charge in [0.15, 0.2) is 0 Å². The van der Waals surface area contributed by atoms with Crippen molar-refractivity contribution in [2.24, 2.45) is 5.92 Å². The molecule has 0 bridgehead atoms. The van der Waals surface area contributed by atoms with Crippen molar-refractivity contribution in [2.75, 3.05) is 6.61 Å². The lowest BCUT2D eigenvalue weighted by atomic mass is 10.2. The fourth-order valence-corrected chi connectivity index (χ4v) is 1.58. The van der Waals surface area contributed by atoms with E-state index in [0.717, 1.165) is 0 Å². The van der Waals surface area contributed by atoms with E-state index in [2.05, 4.69) is 15.9 Å². The van der Waals surface area contributed by atoms with Crippen LogP contribution in [0.2, 0.25) is 5.02 Å². The number of phenols is 1. The van der Waals surface area contributed by atoms with E-state index < -0.39 is 5.97 Å². The van der Waals surface area contributed by atoms with Crippen LogP contribution in [0.3, 0.4) is 0 Å². The fraction of sp³-hybridized carbons (Fsp3) is 0.364. The van der Waals surface area contributed by atoms with E-state index in [4.69, 9.17) is 16.3 Å². The van der Waals surface area contributed by atoms with Gasteiger partial charge < -0.3 is 9.84 Å². The summed E-state index contributed by atoms with van der Waals surface area (Å²) in [5.74, 6) is -0.345. The number of phenolic OH excluding ortho intramolecular Hbond substituents is 1. The first-order chi connectivity index (χ1) is 7.41. The standard InChI is InChI=1S/C11H12BrClO3/c1-6(2)5-16-11(15)7-3-8(12)10(13)9(14)4-7/h3-4,6,14H,5H2,1-2H3. The molecule has 0 saturated heterocycles. The van der Waals surface area contributed by atoms with Crippen LogP contribution >= 0.6 is 27.5 Å². The van der Waals surface area contributed by atoms with Crippen LogP contribution in [0.15, 0.2) is 16.6 Å². The summed E-state index contributed by atoms with van der Waals surface area (Å²) in [5.41, 5.74) is 0.273. The third-order valence-corrected chi connectivity index (χ3v) is 3.04. The van der Waals surface area contributed by atoms with Crippen LogP contribution in [-0.2, 0) is 4.74 Å². The van der Waals surface area contributed by atoms with Crippen LogP contribution < -0.4 is 0 Å². The molecule has 1 aromatic rings. The number of hydrogen-bond donors (Lipinski definition) is 1. The molecule has 1 rings (SSSR count). The van der Waals surface area contributed by atoms with E-state index in [9.17, 15) is 9.90 Å². The van der Waals surface area contributed by atoms with Crippen LogP contribution in [0.5, 0.6) is 5.75 Å². The number of halogens is 2. The van der Waals surface area contributed by atoms with Gasteiger partial charge in [0.1, 0.15) is 5.75 Å². The van der Waals surface area contributed by atoms with Gasteiger partial charge in [-0.15, -0.1) is 0 Å². The minimum atomic E-state index is -0.471. The Labute approximate surface area is 107 Å². The molecule has 0 aliphatic rings. The molecule has 0 radical (unpaired) electrons. The van der Waals surface area contributed by atoms with Gasteiger partial charge in [0.05, 0.1) is 17.2 Å². The molecule has 16 heavy (non-hydrogen) atoms. The summed E-state index contributed by atoms with van der Waals surface area (Å²) in [6, 6.07) is 2.81. The second kappa shape index (κ2) is 5.55. The first kappa shape index (κ1) is 13.3. The zero-order valence-electron chi connectivity index (χ0n) is 8.96. The molecule has 0 aliphatic carbocycles. The Morgan fingerprint density at radius 1 is 1.56 bits per heavy atom. The summed E-state index contributed by atoms with van der Waals surface area (Å²) < 4.78 is 5.49. The number of esters is 1. The smallest absolute Gasteiger partial charge is 0.338 e. The molecule has 3 nitrogen and oxygen atoms in total. The molecule has 1 N–H and O–H groups in total. The van der Waals surface area contributed by atoms with Gasteiger partial charge in [0.25, 0.3) is 0 Å². The van der Waals surface area contributed by atoms with Gasteiger partial charge >= 0.3 is 5.97 Å². The molecule has 0 heterocycles. The van der Waals surface area contributed by atoms with Crippen molar-refractivity contribution in [2.45, 2.75) is 13.8 Å². The van der Waals surface area contributed by atoms with Gasteiger partial charge in [-0.2, -0.15) is 0 Å². The minimum Gasteiger partial charge on any atom is -0.506 e. The van der Waals surface area contributed by atoms with Crippen LogP contribution in [0.1, 0.15) is 24.2 Å². The average molecular weight is 308 g/mol. The number of benzene rings is 1. The Hall–Kier alpha value is -0.740. The maximum Gasteiger partial charge on any atom is 0.338 e. The third-order valence-electron chi connectivity index (χ3n) is 1.79. The topological polar surface area (TPSA) is 46.5 Å². The zero-order chi connectivity index (χ0) is 12.3. The number of rotatable bonds is 3. The molecule has 0 unspecified atom stereocenters. The molecule has 0 aromatic heterocycles. The molecule has 0 spiro atoms. The summed E-state index contributed by atoms with van der Waals surface area (Å²) >= 11 is 8.88. The van der Waals surface area contributed by atoms with Gasteiger partial charge in [-0.05, 0) is 34.0 Å². The fourth-order valence-electron chi connectivity index (χ4n) is 1.02. The lowest BCUT2D eigenvalue weighted by Gasteiger charge is -2.08. The highest BCUT2D eigenvalue weighted by molar-refractivity contribution is 9.10. The first-order valence-corrected chi connectivity index (χ1v) is 5.94. The minimum absolute atomic E-state index is 0.146. The maximum absolute atomic E-state index is 11.6. The van der Waals surface area contributed by atoms with Gasteiger partial charge in [-0.25, -0.2) is 4.79 Å². The first-order valence-electron chi connectivity index (χ1n) is 4.77. The molecule has 0 aliphatic heterocycles. The lowest BCUT2D eigenvalue weighted by Crippen LogP contribution is -2.10.